The third-order valence-corrected chi connectivity index (χ3v) is 3.28. The number of hydrogen-bond acceptors (Lipinski definition) is 4. The zero-order valence-electron chi connectivity index (χ0n) is 13.4. The van der Waals surface area contributed by atoms with Crippen molar-refractivity contribution in [2.75, 3.05) is 19.3 Å². The standard InChI is InChI=1S/C17H22N4O.ClH/c1-13(11-21(2)12-14-6-4-3-5-7-14)20-17(22)16-9-8-15(18)10-19-16;/h3-10,13H,11-12,18H2,1-2H3,(H,20,22);1H. The van der Waals surface area contributed by atoms with Crippen molar-refractivity contribution >= 4 is 24.0 Å². The highest BCUT2D eigenvalue weighted by molar-refractivity contribution is 5.92. The number of nitrogens with one attached hydrogen (secondary N) is 1. The molecule has 0 spiro atoms. The average molecular weight is 335 g/mol. The zero-order valence-corrected chi connectivity index (χ0v) is 14.2. The fourth-order valence-electron chi connectivity index (χ4n) is 2.31. The molecule has 124 valence electrons. The number of halogens is 1. The van der Waals surface area contributed by atoms with Gasteiger partial charge in [-0.2, -0.15) is 0 Å². The SMILES string of the molecule is CC(CN(C)Cc1ccccc1)NC(=O)c1ccc(N)cn1.Cl. The number of nitrogen functional groups attached to an aromatic ring is 1. The maximum Gasteiger partial charge on any atom is 0.270 e. The molecule has 2 aromatic rings. The summed E-state index contributed by atoms with van der Waals surface area (Å²) < 4.78 is 0. The Balaban J connectivity index is 0.00000264. The van der Waals surface area contributed by atoms with Crippen molar-refractivity contribution in [2.45, 2.75) is 19.5 Å². The van der Waals surface area contributed by atoms with E-state index in [0.717, 1.165) is 13.1 Å². The number of aromatic nitrogens is 1. The van der Waals surface area contributed by atoms with Gasteiger partial charge < -0.3 is 16.0 Å². The van der Waals surface area contributed by atoms with Crippen LogP contribution in [-0.4, -0.2) is 35.4 Å². The van der Waals surface area contributed by atoms with Crippen molar-refractivity contribution in [2.24, 2.45) is 0 Å². The molecule has 5 nitrogen and oxygen atoms in total. The maximum atomic E-state index is 12.1. The van der Waals surface area contributed by atoms with Crippen LogP contribution in [0.4, 0.5) is 5.69 Å². The van der Waals surface area contributed by atoms with Crippen molar-refractivity contribution in [1.29, 1.82) is 0 Å². The van der Waals surface area contributed by atoms with Gasteiger partial charge in [0.15, 0.2) is 0 Å². The first-order valence-corrected chi connectivity index (χ1v) is 7.29. The molecule has 0 fully saturated rings. The molecule has 0 saturated heterocycles. The summed E-state index contributed by atoms with van der Waals surface area (Å²) >= 11 is 0. The van der Waals surface area contributed by atoms with E-state index in [1.807, 2.05) is 32.2 Å². The molecule has 1 atom stereocenters. The minimum atomic E-state index is -0.180. The molecule has 1 unspecified atom stereocenters. The van der Waals surface area contributed by atoms with Crippen LogP contribution in [-0.2, 0) is 6.54 Å². The number of hydrogen-bond donors (Lipinski definition) is 2. The lowest BCUT2D eigenvalue weighted by atomic mass is 10.2. The van der Waals surface area contributed by atoms with E-state index in [0.29, 0.717) is 11.4 Å². The van der Waals surface area contributed by atoms with E-state index in [-0.39, 0.29) is 24.4 Å². The Labute approximate surface area is 143 Å². The summed E-state index contributed by atoms with van der Waals surface area (Å²) in [4.78, 5) is 18.3. The number of benzene rings is 1. The number of nitrogens with zero attached hydrogens (tertiary/aromatic N) is 2. The summed E-state index contributed by atoms with van der Waals surface area (Å²) in [6.07, 6.45) is 1.49. The Morgan fingerprint density at radius 3 is 2.57 bits per heavy atom. The van der Waals surface area contributed by atoms with E-state index < -0.39 is 0 Å². The highest BCUT2D eigenvalue weighted by Gasteiger charge is 2.12. The molecule has 0 aliphatic carbocycles. The second-order valence-electron chi connectivity index (χ2n) is 5.53. The maximum absolute atomic E-state index is 12.1. The van der Waals surface area contributed by atoms with E-state index in [2.05, 4.69) is 27.3 Å². The van der Waals surface area contributed by atoms with Crippen LogP contribution in [0.1, 0.15) is 23.0 Å². The third kappa shape index (κ3) is 6.26. The summed E-state index contributed by atoms with van der Waals surface area (Å²) in [5.41, 5.74) is 7.75. The van der Waals surface area contributed by atoms with Gasteiger partial charge in [-0.15, -0.1) is 12.4 Å². The Bertz CT molecular complexity index is 604. The number of carbonyl (C=O) groups excluding carboxylic acids is 1. The van der Waals surface area contributed by atoms with Gasteiger partial charge in [-0.05, 0) is 31.7 Å². The molecule has 2 rings (SSSR count). The lowest BCUT2D eigenvalue weighted by molar-refractivity contribution is 0.0926. The molecule has 0 radical (unpaired) electrons. The second-order valence-corrected chi connectivity index (χ2v) is 5.53. The fourth-order valence-corrected chi connectivity index (χ4v) is 2.31. The van der Waals surface area contributed by atoms with E-state index in [9.17, 15) is 4.79 Å². The molecule has 1 aromatic heterocycles. The first kappa shape index (κ1) is 18.9. The van der Waals surface area contributed by atoms with E-state index in [1.165, 1.54) is 11.8 Å². The zero-order chi connectivity index (χ0) is 15.9. The molecule has 0 aliphatic rings. The van der Waals surface area contributed by atoms with Gasteiger partial charge in [0, 0.05) is 19.1 Å². The number of rotatable bonds is 6. The van der Waals surface area contributed by atoms with Gasteiger partial charge in [-0.1, -0.05) is 30.3 Å². The smallest absolute Gasteiger partial charge is 0.270 e. The number of carbonyl (C=O) groups is 1. The van der Waals surface area contributed by atoms with Crippen molar-refractivity contribution in [1.82, 2.24) is 15.2 Å². The molecule has 0 aliphatic heterocycles. The molecule has 1 amide bonds. The number of anilines is 1. The Morgan fingerprint density at radius 2 is 1.96 bits per heavy atom. The molecule has 1 aromatic carbocycles. The predicted octanol–water partition coefficient (Wildman–Crippen LogP) is 2.34. The van der Waals surface area contributed by atoms with Crippen molar-refractivity contribution in [3.05, 3.63) is 59.9 Å². The Kier molecular flexibility index (Phi) is 7.51. The van der Waals surface area contributed by atoms with Crippen molar-refractivity contribution < 1.29 is 4.79 Å². The highest BCUT2D eigenvalue weighted by Crippen LogP contribution is 2.04. The monoisotopic (exact) mass is 334 g/mol. The molecule has 23 heavy (non-hydrogen) atoms. The largest absolute Gasteiger partial charge is 0.397 e. The van der Waals surface area contributed by atoms with Crippen LogP contribution < -0.4 is 11.1 Å². The van der Waals surface area contributed by atoms with Crippen LogP contribution in [0.15, 0.2) is 48.7 Å². The fraction of sp³-hybridized carbons (Fsp3) is 0.294. The highest BCUT2D eigenvalue weighted by atomic mass is 35.5. The minimum absolute atomic E-state index is 0. The van der Waals surface area contributed by atoms with Crippen LogP contribution in [0.2, 0.25) is 0 Å². The molecule has 1 heterocycles. The predicted molar refractivity (Wildman–Crippen MR) is 95.6 cm³/mol. The van der Waals surface area contributed by atoms with Crippen molar-refractivity contribution in [3.63, 3.8) is 0 Å². The Hall–Kier alpha value is -2.11. The van der Waals surface area contributed by atoms with Gasteiger partial charge in [0.2, 0.25) is 0 Å². The molecule has 3 N–H and O–H groups in total. The normalized spacial score (nSPS) is 11.6. The van der Waals surface area contributed by atoms with Gasteiger partial charge >= 0.3 is 0 Å². The molecular weight excluding hydrogens is 312 g/mol. The van der Waals surface area contributed by atoms with E-state index in [1.54, 1.807) is 12.1 Å². The molecular formula is C17H23ClN4O. The van der Waals surface area contributed by atoms with Gasteiger partial charge in [0.1, 0.15) is 5.69 Å². The van der Waals surface area contributed by atoms with Gasteiger partial charge in [0.05, 0.1) is 11.9 Å². The number of pyridine rings is 1. The summed E-state index contributed by atoms with van der Waals surface area (Å²) in [7, 11) is 2.04. The first-order chi connectivity index (χ1) is 10.5. The summed E-state index contributed by atoms with van der Waals surface area (Å²) in [5, 5.41) is 2.95. The second kappa shape index (κ2) is 9.12. The topological polar surface area (TPSA) is 71.2 Å². The molecule has 0 saturated carbocycles. The van der Waals surface area contributed by atoms with Gasteiger partial charge in [0.25, 0.3) is 5.91 Å². The van der Waals surface area contributed by atoms with E-state index >= 15 is 0 Å². The van der Waals surface area contributed by atoms with Crippen molar-refractivity contribution in [3.8, 4) is 0 Å². The summed E-state index contributed by atoms with van der Waals surface area (Å²) in [6.45, 7) is 3.59. The van der Waals surface area contributed by atoms with Crippen LogP contribution >= 0.6 is 12.4 Å². The quantitative estimate of drug-likeness (QED) is 0.850. The van der Waals surface area contributed by atoms with Gasteiger partial charge in [-0.3, -0.25) is 4.79 Å². The molecule has 6 heteroatoms. The van der Waals surface area contributed by atoms with E-state index in [4.69, 9.17) is 5.73 Å². The lowest BCUT2D eigenvalue weighted by Crippen LogP contribution is -2.40. The first-order valence-electron chi connectivity index (χ1n) is 7.29. The third-order valence-electron chi connectivity index (χ3n) is 3.28. The number of amides is 1. The lowest BCUT2D eigenvalue weighted by Gasteiger charge is -2.22. The Morgan fingerprint density at radius 1 is 1.26 bits per heavy atom. The van der Waals surface area contributed by atoms with Crippen LogP contribution in [0.5, 0.6) is 0 Å². The number of nitrogens with two attached hydrogens (primary N) is 1. The summed E-state index contributed by atoms with van der Waals surface area (Å²) in [5.74, 6) is -0.180. The minimum Gasteiger partial charge on any atom is -0.397 e. The van der Waals surface area contributed by atoms with Crippen LogP contribution in [0.25, 0.3) is 0 Å². The average Bonchev–Trinajstić information content (AvgIpc) is 2.48. The molecule has 0 bridgehead atoms. The van der Waals surface area contributed by atoms with Crippen LogP contribution in [0, 0.1) is 0 Å². The van der Waals surface area contributed by atoms with Gasteiger partial charge in [-0.25, -0.2) is 4.98 Å². The van der Waals surface area contributed by atoms with Crippen LogP contribution in [0.3, 0.4) is 0 Å². The number of likely N-dealkylation sites (N-methyl/N-ethyl adjacent to an activating group) is 1. The summed E-state index contributed by atoms with van der Waals surface area (Å²) in [6, 6.07) is 13.6.